The van der Waals surface area contributed by atoms with E-state index in [4.69, 9.17) is 0 Å². The summed E-state index contributed by atoms with van der Waals surface area (Å²) in [5.74, 6) is 0. The van der Waals surface area contributed by atoms with Crippen molar-refractivity contribution in [3.05, 3.63) is 34.2 Å². The first-order valence-electron chi connectivity index (χ1n) is 6.50. The molecule has 24 heavy (non-hydrogen) atoms. The van der Waals surface area contributed by atoms with Crippen LogP contribution in [0.3, 0.4) is 0 Å². The van der Waals surface area contributed by atoms with Gasteiger partial charge in [0.25, 0.3) is 0 Å². The molecule has 3 nitrogen and oxygen atoms in total. The molecule has 11 heteroatoms. The highest BCUT2D eigenvalue weighted by atomic mass is 32.3. The van der Waals surface area contributed by atoms with Gasteiger partial charge in [-0.05, 0) is 36.6 Å². The Morgan fingerprint density at radius 3 is 2.17 bits per heavy atom. The van der Waals surface area contributed by atoms with Crippen LogP contribution in [0.4, 0.5) is 26.3 Å². The van der Waals surface area contributed by atoms with Crippen LogP contribution in [0.1, 0.15) is 25.0 Å². The lowest BCUT2D eigenvalue weighted by molar-refractivity contribution is -0.0546. The van der Waals surface area contributed by atoms with Gasteiger partial charge in [0, 0.05) is 20.1 Å². The summed E-state index contributed by atoms with van der Waals surface area (Å²) in [4.78, 5) is -1.18. The van der Waals surface area contributed by atoms with Gasteiger partial charge in [-0.2, -0.15) is 38.4 Å². The van der Waals surface area contributed by atoms with Crippen LogP contribution in [0.2, 0.25) is 0 Å². The number of hydrogen-bond acceptors (Lipinski definition) is 3. The zero-order chi connectivity index (χ0) is 18.6. The summed E-state index contributed by atoms with van der Waals surface area (Å²) in [6.45, 7) is 2.59. The van der Waals surface area contributed by atoms with Crippen molar-refractivity contribution in [1.82, 2.24) is 0 Å². The third kappa shape index (κ3) is 2.72. The highest BCUT2D eigenvalue weighted by Crippen LogP contribution is 2.78. The fraction of sp³-hybridized carbons (Fsp3) is 0.385. The molecule has 0 aliphatic carbocycles. The lowest BCUT2D eigenvalue weighted by Gasteiger charge is -2.38. The Kier molecular flexibility index (Phi) is 4.52. The minimum Gasteiger partial charge on any atom is -0.196 e. The van der Waals surface area contributed by atoms with Crippen molar-refractivity contribution in [2.45, 2.75) is 36.2 Å². The molecule has 136 valence electrons. The van der Waals surface area contributed by atoms with Crippen molar-refractivity contribution in [3.63, 3.8) is 0 Å². The van der Waals surface area contributed by atoms with E-state index >= 15 is 0 Å². The van der Waals surface area contributed by atoms with Gasteiger partial charge in [-0.3, -0.25) is 0 Å². The van der Waals surface area contributed by atoms with Crippen molar-refractivity contribution >= 4 is 26.5 Å². The molecule has 1 aromatic carbocycles. The third-order valence-electron chi connectivity index (χ3n) is 3.45. The molecule has 1 aliphatic heterocycles. The van der Waals surface area contributed by atoms with Gasteiger partial charge in [-0.1, -0.05) is 19.1 Å². The van der Waals surface area contributed by atoms with Gasteiger partial charge in [0.15, 0.2) is 0 Å². The first-order chi connectivity index (χ1) is 10.8. The predicted octanol–water partition coefficient (Wildman–Crippen LogP) is 5.09. The number of alkyl halides is 6. The van der Waals surface area contributed by atoms with E-state index in [-0.39, 0.29) is 5.56 Å². The largest absolute Gasteiger partial charge is 0.523 e. The Bertz CT molecular complexity index is 795. The monoisotopic (exact) mass is 394 g/mol. The number of allylic oxidation sites excluding steroid dienone is 1. The van der Waals surface area contributed by atoms with Gasteiger partial charge in [0.1, 0.15) is 0 Å². The van der Waals surface area contributed by atoms with Crippen molar-refractivity contribution in [1.29, 1.82) is 0 Å². The van der Waals surface area contributed by atoms with E-state index in [0.717, 1.165) is 19.1 Å². The number of fused-ring (bicyclic) bond motifs is 1. The average Bonchev–Trinajstić information content (AvgIpc) is 2.70. The first kappa shape index (κ1) is 19.1. The maximum absolute atomic E-state index is 13.7. The van der Waals surface area contributed by atoms with E-state index in [2.05, 4.69) is 3.63 Å². The summed E-state index contributed by atoms with van der Waals surface area (Å²) in [7, 11) is -11.3. The number of aryl methyl sites for hydroxylation is 1. The maximum Gasteiger partial charge on any atom is 0.523 e. The zero-order valence-electron chi connectivity index (χ0n) is 12.3. The van der Waals surface area contributed by atoms with Crippen LogP contribution in [0.5, 0.6) is 0 Å². The minimum atomic E-state index is -6.44. The molecule has 0 bridgehead atoms. The number of halogens is 6. The number of benzene rings is 1. The van der Waals surface area contributed by atoms with Gasteiger partial charge in [0.2, 0.25) is 0 Å². The van der Waals surface area contributed by atoms with Gasteiger partial charge in [-0.15, -0.1) is 0 Å². The van der Waals surface area contributed by atoms with Crippen LogP contribution in [0.15, 0.2) is 28.0 Å². The molecule has 0 spiro atoms. The predicted molar refractivity (Wildman–Crippen MR) is 77.4 cm³/mol. The van der Waals surface area contributed by atoms with Crippen molar-refractivity contribution < 1.29 is 38.4 Å². The van der Waals surface area contributed by atoms with E-state index in [1.807, 2.05) is 0 Å². The Hall–Kier alpha value is -1.20. The van der Waals surface area contributed by atoms with Gasteiger partial charge < -0.3 is 0 Å². The summed E-state index contributed by atoms with van der Waals surface area (Å²) in [5, 5.41) is 0. The summed E-state index contributed by atoms with van der Waals surface area (Å²) in [6, 6.07) is 3.71. The number of hydrogen-bond donors (Lipinski definition) is 0. The highest BCUT2D eigenvalue weighted by Gasteiger charge is 2.63. The fourth-order valence-electron chi connectivity index (χ4n) is 2.38. The molecule has 2 rings (SSSR count). The fourth-order valence-corrected chi connectivity index (χ4v) is 6.81. The average molecular weight is 394 g/mol. The van der Waals surface area contributed by atoms with Crippen LogP contribution >= 0.6 is 10.3 Å². The van der Waals surface area contributed by atoms with Crippen LogP contribution < -0.4 is 0 Å². The van der Waals surface area contributed by atoms with E-state index in [1.54, 1.807) is 6.92 Å². The molecule has 1 unspecified atom stereocenters. The Labute approximate surface area is 135 Å². The lowest BCUT2D eigenvalue weighted by Crippen LogP contribution is -2.32. The zero-order valence-corrected chi connectivity index (χ0v) is 14.0. The SMILES string of the molecule is CCc1cccc2c1C=C(C)S2(OS(=O)(=O)C(F)(F)F)C(F)(F)F. The second kappa shape index (κ2) is 5.67. The first-order valence-corrected chi connectivity index (χ1v) is 9.47. The molecule has 0 saturated carbocycles. The highest BCUT2D eigenvalue weighted by molar-refractivity contribution is 8.36. The topological polar surface area (TPSA) is 43.4 Å². The van der Waals surface area contributed by atoms with E-state index in [0.29, 0.717) is 12.0 Å². The van der Waals surface area contributed by atoms with Crippen LogP contribution in [-0.2, 0) is 20.2 Å². The summed E-state index contributed by atoms with van der Waals surface area (Å²) < 4.78 is 106. The van der Waals surface area contributed by atoms with Crippen LogP contribution in [0.25, 0.3) is 6.08 Å². The summed E-state index contributed by atoms with van der Waals surface area (Å²) >= 11 is 0. The Balaban J connectivity index is 2.78. The van der Waals surface area contributed by atoms with Gasteiger partial charge in [0.05, 0.1) is 0 Å². The maximum atomic E-state index is 13.7. The molecule has 0 saturated heterocycles. The van der Waals surface area contributed by atoms with E-state index in [1.165, 1.54) is 12.1 Å². The standard InChI is InChI=1S/C13H12F6O3S2/c1-3-9-5-4-6-11-10(9)7-8(2)23(11,12(14,15)16)22-24(20,21)13(17,18)19/h4-7H,3H2,1-2H3. The number of rotatable bonds is 3. The molecule has 1 heterocycles. The van der Waals surface area contributed by atoms with Gasteiger partial charge >= 0.3 is 21.1 Å². The smallest absolute Gasteiger partial charge is 0.196 e. The van der Waals surface area contributed by atoms with Crippen molar-refractivity contribution in [3.8, 4) is 0 Å². The Morgan fingerprint density at radius 1 is 1.12 bits per heavy atom. The summed E-state index contributed by atoms with van der Waals surface area (Å²) in [6.07, 6.45) is 1.37. The van der Waals surface area contributed by atoms with Crippen LogP contribution in [-0.4, -0.2) is 19.4 Å². The van der Waals surface area contributed by atoms with Crippen molar-refractivity contribution in [2.24, 2.45) is 0 Å². The van der Waals surface area contributed by atoms with Gasteiger partial charge in [-0.25, -0.2) is 0 Å². The Morgan fingerprint density at radius 2 is 1.71 bits per heavy atom. The second-order valence-corrected chi connectivity index (χ2v) is 9.48. The van der Waals surface area contributed by atoms with E-state index < -0.39 is 41.2 Å². The molecule has 0 fully saturated rings. The molecule has 1 atom stereocenters. The molecular weight excluding hydrogens is 382 g/mol. The molecule has 0 N–H and O–H groups in total. The van der Waals surface area contributed by atoms with Crippen LogP contribution in [0, 0.1) is 0 Å². The molecule has 0 radical (unpaired) electrons. The minimum absolute atomic E-state index is 0.0576. The lowest BCUT2D eigenvalue weighted by atomic mass is 10.1. The quantitative estimate of drug-likeness (QED) is 0.530. The molecule has 0 aromatic heterocycles. The second-order valence-electron chi connectivity index (χ2n) is 4.91. The normalized spacial score (nSPS) is 24.2. The summed E-state index contributed by atoms with van der Waals surface area (Å²) in [5.41, 5.74) is -10.8. The molecular formula is C13H12F6O3S2. The third-order valence-corrected chi connectivity index (χ3v) is 8.20. The molecule has 1 aromatic rings. The van der Waals surface area contributed by atoms with E-state index in [9.17, 15) is 34.8 Å². The van der Waals surface area contributed by atoms with Crippen molar-refractivity contribution in [2.75, 3.05) is 0 Å². The molecule has 1 aliphatic rings. The molecule has 0 amide bonds.